The summed E-state index contributed by atoms with van der Waals surface area (Å²) in [6, 6.07) is 0. The van der Waals surface area contributed by atoms with E-state index in [1.54, 1.807) is 11.8 Å². The normalized spacial score (nSPS) is 25.0. The molecule has 7 heteroatoms. The van der Waals surface area contributed by atoms with E-state index >= 15 is 0 Å². The molecular weight excluding hydrogens is 286 g/mol. The van der Waals surface area contributed by atoms with Crippen molar-refractivity contribution >= 4 is 17.9 Å². The van der Waals surface area contributed by atoms with Crippen molar-refractivity contribution in [2.75, 3.05) is 32.7 Å². The molecule has 3 fully saturated rings. The molecule has 3 rings (SSSR count). The molecule has 0 aromatic rings. The summed E-state index contributed by atoms with van der Waals surface area (Å²) < 4.78 is 5.37. The number of likely N-dealkylation sites (tertiary alicyclic amines) is 2. The highest BCUT2D eigenvalue weighted by atomic mass is 16.6. The Balaban J connectivity index is 1.50. The Hall–Kier alpha value is -1.79. The Morgan fingerprint density at radius 1 is 1.14 bits per heavy atom. The van der Waals surface area contributed by atoms with Crippen LogP contribution in [0.2, 0.25) is 0 Å². The summed E-state index contributed by atoms with van der Waals surface area (Å²) >= 11 is 0. The maximum atomic E-state index is 12.6. The fourth-order valence-electron chi connectivity index (χ4n) is 3.62. The number of ether oxygens (including phenoxy) is 1. The van der Waals surface area contributed by atoms with Gasteiger partial charge in [0.2, 0.25) is 11.8 Å². The SMILES string of the molecule is CC(=O)N1CCC(C(=O)N2CCC3(CC2)CNC(=O)O3)CC1. The maximum absolute atomic E-state index is 12.6. The second-order valence-corrected chi connectivity index (χ2v) is 6.53. The molecule has 0 bridgehead atoms. The lowest BCUT2D eigenvalue weighted by atomic mass is 9.89. The molecule has 1 spiro atoms. The van der Waals surface area contributed by atoms with Gasteiger partial charge in [-0.15, -0.1) is 0 Å². The number of amides is 3. The molecule has 3 saturated heterocycles. The van der Waals surface area contributed by atoms with Crippen molar-refractivity contribution in [3.8, 4) is 0 Å². The zero-order valence-electron chi connectivity index (χ0n) is 13.0. The zero-order chi connectivity index (χ0) is 15.7. The van der Waals surface area contributed by atoms with Crippen molar-refractivity contribution in [1.82, 2.24) is 15.1 Å². The minimum Gasteiger partial charge on any atom is -0.441 e. The summed E-state index contributed by atoms with van der Waals surface area (Å²) in [5.74, 6) is 0.297. The van der Waals surface area contributed by atoms with E-state index in [9.17, 15) is 14.4 Å². The second kappa shape index (κ2) is 5.78. The third-order valence-electron chi connectivity index (χ3n) is 5.14. The van der Waals surface area contributed by atoms with Crippen LogP contribution < -0.4 is 5.32 Å². The van der Waals surface area contributed by atoms with Crippen LogP contribution in [-0.2, 0) is 14.3 Å². The number of piperidine rings is 2. The van der Waals surface area contributed by atoms with E-state index in [1.165, 1.54) is 0 Å². The van der Waals surface area contributed by atoms with Gasteiger partial charge in [-0.25, -0.2) is 4.79 Å². The van der Waals surface area contributed by atoms with Crippen molar-refractivity contribution in [2.45, 2.75) is 38.2 Å². The summed E-state index contributed by atoms with van der Waals surface area (Å²) in [4.78, 5) is 38.8. The van der Waals surface area contributed by atoms with Gasteiger partial charge in [-0.1, -0.05) is 0 Å². The lowest BCUT2D eigenvalue weighted by Crippen LogP contribution is -2.51. The minimum atomic E-state index is -0.411. The van der Waals surface area contributed by atoms with Gasteiger partial charge in [0.05, 0.1) is 6.54 Å². The molecule has 0 aromatic heterocycles. The quantitative estimate of drug-likeness (QED) is 0.758. The lowest BCUT2D eigenvalue weighted by molar-refractivity contribution is -0.142. The zero-order valence-corrected chi connectivity index (χ0v) is 13.0. The first-order valence-electron chi connectivity index (χ1n) is 8.00. The Morgan fingerprint density at radius 3 is 2.27 bits per heavy atom. The second-order valence-electron chi connectivity index (χ2n) is 6.53. The molecular formula is C15H23N3O4. The molecule has 3 aliphatic heterocycles. The van der Waals surface area contributed by atoms with Crippen molar-refractivity contribution in [2.24, 2.45) is 5.92 Å². The van der Waals surface area contributed by atoms with Crippen LogP contribution in [0.25, 0.3) is 0 Å². The first-order valence-corrected chi connectivity index (χ1v) is 8.00. The fraction of sp³-hybridized carbons (Fsp3) is 0.800. The first kappa shape index (κ1) is 15.1. The first-order chi connectivity index (χ1) is 10.5. The third-order valence-corrected chi connectivity index (χ3v) is 5.14. The van der Waals surface area contributed by atoms with Gasteiger partial charge in [-0.2, -0.15) is 0 Å². The topological polar surface area (TPSA) is 79.0 Å². The average molecular weight is 309 g/mol. The summed E-state index contributed by atoms with van der Waals surface area (Å²) in [5, 5.41) is 2.70. The van der Waals surface area contributed by atoms with Crippen LogP contribution in [0.15, 0.2) is 0 Å². The van der Waals surface area contributed by atoms with Gasteiger partial charge in [0.15, 0.2) is 0 Å². The highest BCUT2D eigenvalue weighted by Gasteiger charge is 2.44. The van der Waals surface area contributed by atoms with Gasteiger partial charge >= 0.3 is 6.09 Å². The summed E-state index contributed by atoms with van der Waals surface area (Å²) in [5.41, 5.74) is -0.411. The van der Waals surface area contributed by atoms with Gasteiger partial charge < -0.3 is 19.9 Å². The molecule has 3 amide bonds. The van der Waals surface area contributed by atoms with Crippen LogP contribution in [0.3, 0.4) is 0 Å². The molecule has 0 unspecified atom stereocenters. The number of nitrogens with zero attached hydrogens (tertiary/aromatic N) is 2. The largest absolute Gasteiger partial charge is 0.441 e. The third kappa shape index (κ3) is 2.89. The number of alkyl carbamates (subject to hydrolysis) is 1. The monoisotopic (exact) mass is 309 g/mol. The van der Waals surface area contributed by atoms with Crippen molar-refractivity contribution in [3.63, 3.8) is 0 Å². The van der Waals surface area contributed by atoms with Crippen LogP contribution in [0, 0.1) is 5.92 Å². The average Bonchev–Trinajstić information content (AvgIpc) is 2.88. The minimum absolute atomic E-state index is 0.0221. The van der Waals surface area contributed by atoms with Crippen molar-refractivity contribution in [3.05, 3.63) is 0 Å². The smallest absolute Gasteiger partial charge is 0.407 e. The van der Waals surface area contributed by atoms with Gasteiger partial charge in [0, 0.05) is 51.9 Å². The summed E-state index contributed by atoms with van der Waals surface area (Å²) in [7, 11) is 0. The molecule has 0 radical (unpaired) electrons. The van der Waals surface area contributed by atoms with Gasteiger partial charge in [0.25, 0.3) is 0 Å². The van der Waals surface area contributed by atoms with Gasteiger partial charge in [-0.05, 0) is 12.8 Å². The molecule has 0 aromatic carbocycles. The molecule has 22 heavy (non-hydrogen) atoms. The van der Waals surface area contributed by atoms with Crippen LogP contribution in [0.1, 0.15) is 32.6 Å². The summed E-state index contributed by atoms with van der Waals surface area (Å²) in [6.45, 7) is 4.74. The van der Waals surface area contributed by atoms with E-state index in [0.717, 1.165) is 12.8 Å². The summed E-state index contributed by atoms with van der Waals surface area (Å²) in [6.07, 6.45) is 2.54. The highest BCUT2D eigenvalue weighted by Crippen LogP contribution is 2.30. The molecule has 7 nitrogen and oxygen atoms in total. The van der Waals surface area contributed by atoms with Crippen molar-refractivity contribution in [1.29, 1.82) is 0 Å². The van der Waals surface area contributed by atoms with Crippen LogP contribution in [0.5, 0.6) is 0 Å². The van der Waals surface area contributed by atoms with Crippen LogP contribution in [-0.4, -0.2) is 66.0 Å². The predicted molar refractivity (Wildman–Crippen MR) is 78.0 cm³/mol. The van der Waals surface area contributed by atoms with Gasteiger partial charge in [0.1, 0.15) is 5.60 Å². The number of hydrogen-bond donors (Lipinski definition) is 1. The molecule has 0 atom stereocenters. The van der Waals surface area contributed by atoms with E-state index in [2.05, 4.69) is 5.32 Å². The van der Waals surface area contributed by atoms with E-state index in [1.807, 2.05) is 4.90 Å². The Bertz CT molecular complexity index is 477. The Morgan fingerprint density at radius 2 is 1.77 bits per heavy atom. The Kier molecular flexibility index (Phi) is 3.97. The van der Waals surface area contributed by atoms with E-state index in [4.69, 9.17) is 4.74 Å². The molecule has 3 aliphatic rings. The molecule has 3 heterocycles. The van der Waals surface area contributed by atoms with Crippen LogP contribution >= 0.6 is 0 Å². The number of hydrogen-bond acceptors (Lipinski definition) is 4. The molecule has 122 valence electrons. The van der Waals surface area contributed by atoms with E-state index < -0.39 is 5.60 Å². The number of carbonyl (C=O) groups excluding carboxylic acids is 3. The number of rotatable bonds is 1. The van der Waals surface area contributed by atoms with Crippen LogP contribution in [0.4, 0.5) is 4.79 Å². The molecule has 0 aliphatic carbocycles. The maximum Gasteiger partial charge on any atom is 0.407 e. The number of carbonyl (C=O) groups is 3. The fourth-order valence-corrected chi connectivity index (χ4v) is 3.62. The number of nitrogens with one attached hydrogen (secondary N) is 1. The lowest BCUT2D eigenvalue weighted by Gasteiger charge is -2.39. The van der Waals surface area contributed by atoms with E-state index in [0.29, 0.717) is 45.6 Å². The van der Waals surface area contributed by atoms with E-state index in [-0.39, 0.29) is 23.8 Å². The van der Waals surface area contributed by atoms with Gasteiger partial charge in [-0.3, -0.25) is 9.59 Å². The highest BCUT2D eigenvalue weighted by molar-refractivity contribution is 5.80. The Labute approximate surface area is 129 Å². The standard InChI is InChI=1S/C15H23N3O4/c1-11(19)17-6-2-12(3-7-17)13(20)18-8-4-15(5-9-18)10-16-14(21)22-15/h12H,2-10H2,1H3,(H,16,21). The molecule has 1 N–H and O–H groups in total. The van der Waals surface area contributed by atoms with Crippen molar-refractivity contribution < 1.29 is 19.1 Å². The molecule has 0 saturated carbocycles. The predicted octanol–water partition coefficient (Wildman–Crippen LogP) is 0.346.